The van der Waals surface area contributed by atoms with Gasteiger partial charge in [-0.3, -0.25) is 0 Å². The lowest BCUT2D eigenvalue weighted by Crippen LogP contribution is -2.27. The molecule has 1 N–H and O–H groups in total. The van der Waals surface area contributed by atoms with Crippen molar-refractivity contribution in [3.05, 3.63) is 27.7 Å². The molecule has 0 spiro atoms. The minimum Gasteiger partial charge on any atom is -0.467 e. The highest BCUT2D eigenvalue weighted by molar-refractivity contribution is 6.42. The second kappa shape index (κ2) is 3.91. The van der Waals surface area contributed by atoms with E-state index >= 15 is 0 Å². The summed E-state index contributed by atoms with van der Waals surface area (Å²) in [5.41, 5.74) is 1.83. The Morgan fingerprint density at radius 1 is 1.47 bits per heavy atom. The minimum absolute atomic E-state index is 0.279. The maximum atomic E-state index is 11.3. The number of hydrogen-bond acceptors (Lipinski definition) is 3. The van der Waals surface area contributed by atoms with Gasteiger partial charge in [0.2, 0.25) is 0 Å². The fourth-order valence-corrected chi connectivity index (χ4v) is 1.98. The summed E-state index contributed by atoms with van der Waals surface area (Å²) >= 11 is 11.7. The first kappa shape index (κ1) is 10.6. The van der Waals surface area contributed by atoms with Crippen molar-refractivity contribution in [2.45, 2.75) is 12.5 Å². The molecule has 1 atom stereocenters. The molecule has 0 aliphatic carbocycles. The van der Waals surface area contributed by atoms with Gasteiger partial charge < -0.3 is 10.1 Å². The molecule has 0 saturated heterocycles. The Bertz CT molecular complexity index is 389. The highest BCUT2D eigenvalue weighted by atomic mass is 35.5. The molecule has 3 nitrogen and oxygen atoms in total. The van der Waals surface area contributed by atoms with E-state index in [1.54, 1.807) is 12.1 Å². The van der Waals surface area contributed by atoms with Gasteiger partial charge >= 0.3 is 5.97 Å². The van der Waals surface area contributed by atoms with Crippen LogP contribution in [0.15, 0.2) is 12.1 Å². The van der Waals surface area contributed by atoms with E-state index in [0.717, 1.165) is 11.3 Å². The minimum atomic E-state index is -0.334. The molecule has 1 unspecified atom stereocenters. The Hall–Kier alpha value is -0.930. The Kier molecular flexibility index (Phi) is 2.76. The molecule has 2 rings (SSSR count). The van der Waals surface area contributed by atoms with E-state index in [1.165, 1.54) is 7.11 Å². The highest BCUT2D eigenvalue weighted by Gasteiger charge is 2.27. The fraction of sp³-hybridized carbons (Fsp3) is 0.300. The van der Waals surface area contributed by atoms with Gasteiger partial charge in [0.05, 0.1) is 17.2 Å². The van der Waals surface area contributed by atoms with Crippen molar-refractivity contribution < 1.29 is 9.53 Å². The zero-order valence-corrected chi connectivity index (χ0v) is 9.52. The van der Waals surface area contributed by atoms with Crippen molar-refractivity contribution in [1.82, 2.24) is 0 Å². The molecule has 1 heterocycles. The van der Waals surface area contributed by atoms with Crippen molar-refractivity contribution in [3.8, 4) is 0 Å². The van der Waals surface area contributed by atoms with Crippen LogP contribution in [0.4, 0.5) is 5.69 Å². The van der Waals surface area contributed by atoms with Crippen LogP contribution in [0.2, 0.25) is 10.0 Å². The fourth-order valence-electron chi connectivity index (χ4n) is 1.63. The van der Waals surface area contributed by atoms with Gasteiger partial charge in [-0.25, -0.2) is 4.79 Å². The zero-order valence-electron chi connectivity index (χ0n) is 8.01. The van der Waals surface area contributed by atoms with Crippen LogP contribution < -0.4 is 5.32 Å². The van der Waals surface area contributed by atoms with Crippen molar-refractivity contribution in [2.75, 3.05) is 12.4 Å². The highest BCUT2D eigenvalue weighted by Crippen LogP contribution is 2.34. The molecule has 0 fully saturated rings. The van der Waals surface area contributed by atoms with Crippen LogP contribution >= 0.6 is 23.2 Å². The number of ether oxygens (including phenoxy) is 1. The number of carbonyl (C=O) groups is 1. The molecule has 1 aliphatic rings. The molecule has 5 heteroatoms. The van der Waals surface area contributed by atoms with E-state index in [1.807, 2.05) is 0 Å². The van der Waals surface area contributed by atoms with Gasteiger partial charge in [-0.05, 0) is 17.7 Å². The summed E-state index contributed by atoms with van der Waals surface area (Å²) in [6.45, 7) is 0. The van der Waals surface area contributed by atoms with Crippen LogP contribution in [0.1, 0.15) is 5.56 Å². The van der Waals surface area contributed by atoms with E-state index in [0.29, 0.717) is 16.5 Å². The largest absolute Gasteiger partial charge is 0.467 e. The summed E-state index contributed by atoms with van der Waals surface area (Å²) in [6, 6.07) is 3.16. The molecular formula is C10H9Cl2NO2. The SMILES string of the molecule is COC(=O)C1Cc2cc(Cl)c(Cl)cc2N1. The lowest BCUT2D eigenvalue weighted by atomic mass is 10.1. The lowest BCUT2D eigenvalue weighted by molar-refractivity contribution is -0.141. The van der Waals surface area contributed by atoms with Gasteiger partial charge in [0.1, 0.15) is 6.04 Å². The summed E-state index contributed by atoms with van der Waals surface area (Å²) in [6.07, 6.45) is 0.582. The number of carbonyl (C=O) groups excluding carboxylic acids is 1. The molecular weight excluding hydrogens is 237 g/mol. The van der Waals surface area contributed by atoms with E-state index in [-0.39, 0.29) is 12.0 Å². The second-order valence-electron chi connectivity index (χ2n) is 3.35. The number of hydrogen-bond donors (Lipinski definition) is 1. The lowest BCUT2D eigenvalue weighted by Gasteiger charge is -2.07. The standard InChI is InChI=1S/C10H9Cl2NO2/c1-15-10(14)9-3-5-2-6(11)7(12)4-8(5)13-9/h2,4,9,13H,3H2,1H3. The first-order chi connectivity index (χ1) is 7.11. The molecule has 0 amide bonds. The number of fused-ring (bicyclic) bond motifs is 1. The van der Waals surface area contributed by atoms with Gasteiger partial charge in [-0.15, -0.1) is 0 Å². The third-order valence-corrected chi connectivity index (χ3v) is 3.11. The monoisotopic (exact) mass is 245 g/mol. The van der Waals surface area contributed by atoms with Crippen molar-refractivity contribution in [2.24, 2.45) is 0 Å². The Labute approximate surface area is 97.3 Å². The third-order valence-electron chi connectivity index (χ3n) is 2.39. The van der Waals surface area contributed by atoms with Crippen molar-refractivity contribution in [3.63, 3.8) is 0 Å². The van der Waals surface area contributed by atoms with Gasteiger partial charge in [0, 0.05) is 12.1 Å². The number of methoxy groups -OCH3 is 1. The average Bonchev–Trinajstić information content (AvgIpc) is 2.60. The normalized spacial score (nSPS) is 18.2. The Morgan fingerprint density at radius 3 is 2.80 bits per heavy atom. The van der Waals surface area contributed by atoms with E-state index in [9.17, 15) is 4.79 Å². The van der Waals surface area contributed by atoms with Crippen LogP contribution in [0.25, 0.3) is 0 Å². The van der Waals surface area contributed by atoms with Gasteiger partial charge in [-0.1, -0.05) is 23.2 Å². The molecule has 0 bridgehead atoms. The van der Waals surface area contributed by atoms with Gasteiger partial charge in [0.15, 0.2) is 0 Å². The molecule has 1 aromatic carbocycles. The van der Waals surface area contributed by atoms with Crippen LogP contribution in [0, 0.1) is 0 Å². The summed E-state index contributed by atoms with van der Waals surface area (Å²) < 4.78 is 4.66. The second-order valence-corrected chi connectivity index (χ2v) is 4.16. The summed E-state index contributed by atoms with van der Waals surface area (Å²) in [5, 5.41) is 4.02. The maximum Gasteiger partial charge on any atom is 0.328 e. The van der Waals surface area contributed by atoms with Gasteiger partial charge in [0.25, 0.3) is 0 Å². The number of halogens is 2. The van der Waals surface area contributed by atoms with Crippen LogP contribution in [-0.2, 0) is 16.0 Å². The quantitative estimate of drug-likeness (QED) is 0.773. The molecule has 80 valence electrons. The van der Waals surface area contributed by atoms with Crippen molar-refractivity contribution in [1.29, 1.82) is 0 Å². The molecule has 15 heavy (non-hydrogen) atoms. The smallest absolute Gasteiger partial charge is 0.328 e. The number of esters is 1. The van der Waals surface area contributed by atoms with E-state index < -0.39 is 0 Å². The van der Waals surface area contributed by atoms with Gasteiger partial charge in [-0.2, -0.15) is 0 Å². The molecule has 1 aliphatic heterocycles. The van der Waals surface area contributed by atoms with E-state index in [2.05, 4.69) is 10.1 Å². The predicted octanol–water partition coefficient (Wildman–Crippen LogP) is 2.50. The third kappa shape index (κ3) is 1.90. The summed E-state index contributed by atoms with van der Waals surface area (Å²) in [4.78, 5) is 11.3. The Morgan fingerprint density at radius 2 is 2.13 bits per heavy atom. The van der Waals surface area contributed by atoms with Crippen LogP contribution in [-0.4, -0.2) is 19.1 Å². The topological polar surface area (TPSA) is 38.3 Å². The molecule has 0 aromatic heterocycles. The number of rotatable bonds is 1. The summed E-state index contributed by atoms with van der Waals surface area (Å²) in [5.74, 6) is -0.279. The van der Waals surface area contributed by atoms with Crippen LogP contribution in [0.3, 0.4) is 0 Å². The zero-order chi connectivity index (χ0) is 11.0. The number of benzene rings is 1. The van der Waals surface area contributed by atoms with Crippen molar-refractivity contribution >= 4 is 34.9 Å². The molecule has 1 aromatic rings. The maximum absolute atomic E-state index is 11.3. The molecule has 0 radical (unpaired) electrons. The first-order valence-corrected chi connectivity index (χ1v) is 5.19. The number of nitrogens with one attached hydrogen (secondary N) is 1. The first-order valence-electron chi connectivity index (χ1n) is 4.44. The Balaban J connectivity index is 2.27. The average molecular weight is 246 g/mol. The van der Waals surface area contributed by atoms with E-state index in [4.69, 9.17) is 23.2 Å². The number of anilines is 1. The van der Waals surface area contributed by atoms with Crippen LogP contribution in [0.5, 0.6) is 0 Å². The summed E-state index contributed by atoms with van der Waals surface area (Å²) in [7, 11) is 1.37. The molecule has 0 saturated carbocycles. The predicted molar refractivity (Wildman–Crippen MR) is 59.6 cm³/mol.